The Balaban J connectivity index is 0.000000190. The fourth-order valence-electron chi connectivity index (χ4n) is 9.12. The molecule has 2 heterocycles. The van der Waals surface area contributed by atoms with Crippen LogP contribution in [0.5, 0.6) is 46.0 Å². The molecule has 8 aromatic carbocycles. The van der Waals surface area contributed by atoms with E-state index in [0.29, 0.717) is 0 Å². The zero-order chi connectivity index (χ0) is 54.5. The molecule has 0 saturated heterocycles. The molecule has 10 aromatic rings. The molecule has 2 aromatic heterocycles. The third kappa shape index (κ3) is 14.3. The van der Waals surface area contributed by atoms with E-state index >= 15 is 0 Å². The molecule has 0 N–H and O–H groups in total. The molecule has 0 spiro atoms. The van der Waals surface area contributed by atoms with Gasteiger partial charge in [-0.1, -0.05) is 139 Å². The van der Waals surface area contributed by atoms with Crippen molar-refractivity contribution < 1.29 is 18.9 Å². The van der Waals surface area contributed by atoms with Gasteiger partial charge in [0.2, 0.25) is 0 Å². The van der Waals surface area contributed by atoms with E-state index in [1.165, 1.54) is 44.5 Å². The standard InChI is InChI=1S/2C35H34N2O2/c1-5-26-7-16-31(17-8-26)38-33-20-11-28(12-21-33)35(3,4)29-13-22-34(23-14-29)39-32-18-9-27(10-19-32)24-30-15-6-25(2)36-37-30;1-5-26-6-14-31(15-7-26)38-33-18-10-28(11-19-33)35(3,4)29-12-20-34(21-13-29)39-32-16-8-27(9-17-32)23-30-22-25(2)36-24-37-30/h6-23H,5,24H2,1-4H3;6-22,24H,5,23H2,1-4H3. The third-order valence-electron chi connectivity index (χ3n) is 14.2. The minimum Gasteiger partial charge on any atom is -0.457 e. The van der Waals surface area contributed by atoms with Crippen molar-refractivity contribution in [1.82, 2.24) is 20.2 Å². The number of hydrogen-bond acceptors (Lipinski definition) is 8. The van der Waals surface area contributed by atoms with Crippen LogP contribution in [-0.2, 0) is 36.5 Å². The summed E-state index contributed by atoms with van der Waals surface area (Å²) in [5.74, 6) is 6.61. The van der Waals surface area contributed by atoms with Crippen molar-refractivity contribution in [3.05, 3.63) is 286 Å². The molecule has 8 heteroatoms. The smallest absolute Gasteiger partial charge is 0.127 e. The summed E-state index contributed by atoms with van der Waals surface area (Å²) >= 11 is 0. The molecular weight excluding hydrogens is 961 g/mol. The SMILES string of the molecule is CCc1ccc(Oc2ccc(C(C)(C)c3ccc(Oc4ccc(Cc5cc(C)ncn5)cc4)cc3)cc2)cc1.CCc1ccc(Oc2ccc(C(C)(C)c3ccc(Oc4ccc(Cc5ccc(C)nn5)cc4)cc3)cc2)cc1. The van der Waals surface area contributed by atoms with Gasteiger partial charge < -0.3 is 18.9 Å². The number of hydrogen-bond donors (Lipinski definition) is 0. The Morgan fingerprint density at radius 1 is 0.308 bits per heavy atom. The summed E-state index contributed by atoms with van der Waals surface area (Å²) in [7, 11) is 0. The van der Waals surface area contributed by atoms with Crippen LogP contribution < -0.4 is 18.9 Å². The maximum absolute atomic E-state index is 6.12. The van der Waals surface area contributed by atoms with Gasteiger partial charge in [0.1, 0.15) is 52.3 Å². The van der Waals surface area contributed by atoms with Crippen molar-refractivity contribution in [2.24, 2.45) is 0 Å². The topological polar surface area (TPSA) is 88.5 Å². The summed E-state index contributed by atoms with van der Waals surface area (Å²) in [6.45, 7) is 17.2. The van der Waals surface area contributed by atoms with Crippen molar-refractivity contribution in [3.63, 3.8) is 0 Å². The summed E-state index contributed by atoms with van der Waals surface area (Å²) in [4.78, 5) is 8.52. The average molecular weight is 1030 g/mol. The molecule has 0 aliphatic heterocycles. The van der Waals surface area contributed by atoms with Gasteiger partial charge in [0.05, 0.1) is 11.4 Å². The van der Waals surface area contributed by atoms with Gasteiger partial charge in [0.15, 0.2) is 0 Å². The summed E-state index contributed by atoms with van der Waals surface area (Å²) in [6, 6.07) is 72.3. The summed E-state index contributed by atoms with van der Waals surface area (Å²) in [6.07, 6.45) is 5.18. The normalized spacial score (nSPS) is 11.3. The number of rotatable bonds is 18. The molecule has 10 rings (SSSR count). The van der Waals surface area contributed by atoms with Crippen LogP contribution in [0.3, 0.4) is 0 Å². The quantitative estimate of drug-likeness (QED) is 0.0840. The summed E-state index contributed by atoms with van der Waals surface area (Å²) in [5, 5.41) is 8.39. The molecule has 0 fully saturated rings. The first-order valence-electron chi connectivity index (χ1n) is 26.8. The van der Waals surface area contributed by atoms with Gasteiger partial charge in [0, 0.05) is 35.1 Å². The van der Waals surface area contributed by atoms with Crippen LogP contribution in [0.1, 0.15) is 109 Å². The second-order valence-electron chi connectivity index (χ2n) is 20.7. The van der Waals surface area contributed by atoms with Crippen LogP contribution >= 0.6 is 0 Å². The van der Waals surface area contributed by atoms with Gasteiger partial charge >= 0.3 is 0 Å². The van der Waals surface area contributed by atoms with E-state index < -0.39 is 0 Å². The van der Waals surface area contributed by atoms with Crippen LogP contribution in [0, 0.1) is 13.8 Å². The van der Waals surface area contributed by atoms with Gasteiger partial charge in [-0.05, 0) is 186 Å². The number of ether oxygens (including phenoxy) is 4. The van der Waals surface area contributed by atoms with E-state index in [4.69, 9.17) is 18.9 Å². The van der Waals surface area contributed by atoms with Gasteiger partial charge in [-0.3, -0.25) is 0 Å². The molecule has 0 unspecified atom stereocenters. The highest BCUT2D eigenvalue weighted by Gasteiger charge is 2.25. The van der Waals surface area contributed by atoms with Crippen molar-refractivity contribution in [2.75, 3.05) is 0 Å². The Hall–Kier alpha value is -8.88. The zero-order valence-electron chi connectivity index (χ0n) is 46.0. The Morgan fingerprint density at radius 2 is 0.603 bits per heavy atom. The number of nitrogens with zero attached hydrogens (tertiary/aromatic N) is 4. The van der Waals surface area contributed by atoms with Crippen LogP contribution in [0.2, 0.25) is 0 Å². The van der Waals surface area contributed by atoms with Crippen LogP contribution in [0.15, 0.2) is 219 Å². The summed E-state index contributed by atoms with van der Waals surface area (Å²) in [5.41, 5.74) is 13.4. The molecule has 8 nitrogen and oxygen atoms in total. The van der Waals surface area contributed by atoms with Crippen LogP contribution in [0.25, 0.3) is 0 Å². The predicted octanol–water partition coefficient (Wildman–Crippen LogP) is 17.7. The minimum absolute atomic E-state index is 0.166. The lowest BCUT2D eigenvalue weighted by Gasteiger charge is -2.26. The second-order valence-corrected chi connectivity index (χ2v) is 20.7. The Bertz CT molecular complexity index is 3470. The average Bonchev–Trinajstić information content (AvgIpc) is 3.47. The maximum atomic E-state index is 6.12. The molecule has 0 bridgehead atoms. The lowest BCUT2D eigenvalue weighted by molar-refractivity contribution is 0.480. The lowest BCUT2D eigenvalue weighted by atomic mass is 9.78. The molecule has 0 atom stereocenters. The molecule has 0 amide bonds. The van der Waals surface area contributed by atoms with Crippen molar-refractivity contribution in [2.45, 2.75) is 91.9 Å². The van der Waals surface area contributed by atoms with Crippen molar-refractivity contribution in [3.8, 4) is 46.0 Å². The zero-order valence-corrected chi connectivity index (χ0v) is 46.0. The highest BCUT2D eigenvalue weighted by atomic mass is 16.5. The first-order valence-corrected chi connectivity index (χ1v) is 26.8. The van der Waals surface area contributed by atoms with Crippen LogP contribution in [0.4, 0.5) is 0 Å². The van der Waals surface area contributed by atoms with Crippen LogP contribution in [-0.4, -0.2) is 20.2 Å². The van der Waals surface area contributed by atoms with E-state index in [0.717, 1.165) is 94.5 Å². The molecule has 78 heavy (non-hydrogen) atoms. The highest BCUT2D eigenvalue weighted by molar-refractivity contribution is 5.46. The largest absolute Gasteiger partial charge is 0.457 e. The third-order valence-corrected chi connectivity index (χ3v) is 14.2. The highest BCUT2D eigenvalue weighted by Crippen LogP contribution is 2.37. The van der Waals surface area contributed by atoms with E-state index in [-0.39, 0.29) is 10.8 Å². The number of benzene rings is 8. The van der Waals surface area contributed by atoms with Gasteiger partial charge in [-0.25, -0.2) is 9.97 Å². The van der Waals surface area contributed by atoms with Gasteiger partial charge in [-0.2, -0.15) is 10.2 Å². The van der Waals surface area contributed by atoms with E-state index in [1.807, 2.05) is 129 Å². The number of aromatic nitrogens is 4. The first-order chi connectivity index (χ1) is 37.8. The fraction of sp³-hybridized carbons (Fsp3) is 0.200. The second kappa shape index (κ2) is 24.9. The molecule has 392 valence electrons. The van der Waals surface area contributed by atoms with E-state index in [1.54, 1.807) is 6.33 Å². The van der Waals surface area contributed by atoms with Crippen molar-refractivity contribution in [1.29, 1.82) is 0 Å². The lowest BCUT2D eigenvalue weighted by Crippen LogP contribution is -2.18. The molecule has 0 saturated carbocycles. The Morgan fingerprint density at radius 3 is 0.885 bits per heavy atom. The van der Waals surface area contributed by atoms with E-state index in [9.17, 15) is 0 Å². The molecular formula is C70H68N4O4. The molecule has 0 aliphatic carbocycles. The fourth-order valence-corrected chi connectivity index (χ4v) is 9.12. The Kier molecular flexibility index (Phi) is 17.2. The number of aryl methyl sites for hydroxylation is 4. The van der Waals surface area contributed by atoms with Gasteiger partial charge in [-0.15, -0.1) is 0 Å². The molecule has 0 radical (unpaired) electrons. The van der Waals surface area contributed by atoms with E-state index in [2.05, 4.69) is 159 Å². The molecule has 0 aliphatic rings. The Labute approximate surface area is 460 Å². The monoisotopic (exact) mass is 1030 g/mol. The first kappa shape index (κ1) is 53.9. The van der Waals surface area contributed by atoms with Gasteiger partial charge in [0.25, 0.3) is 0 Å². The minimum atomic E-state index is -0.166. The van der Waals surface area contributed by atoms with Crippen molar-refractivity contribution >= 4 is 0 Å². The summed E-state index contributed by atoms with van der Waals surface area (Å²) < 4.78 is 24.3. The predicted molar refractivity (Wildman–Crippen MR) is 314 cm³/mol. The maximum Gasteiger partial charge on any atom is 0.127 e.